The van der Waals surface area contributed by atoms with Crippen molar-refractivity contribution in [2.75, 3.05) is 11.9 Å². The molecule has 0 unspecified atom stereocenters. The van der Waals surface area contributed by atoms with E-state index < -0.39 is 0 Å². The largest absolute Gasteiger partial charge is 0.484 e. The topological polar surface area (TPSA) is 81.7 Å². The molecule has 3 aromatic rings. The first-order valence-corrected chi connectivity index (χ1v) is 10.2. The molecule has 0 aliphatic carbocycles. The summed E-state index contributed by atoms with van der Waals surface area (Å²) in [7, 11) is 0. The Morgan fingerprint density at radius 1 is 1.06 bits per heavy atom. The van der Waals surface area contributed by atoms with Crippen LogP contribution in [0.3, 0.4) is 0 Å². The van der Waals surface area contributed by atoms with Crippen molar-refractivity contribution in [2.24, 2.45) is 0 Å². The zero-order valence-corrected chi connectivity index (χ0v) is 17.6. The summed E-state index contributed by atoms with van der Waals surface area (Å²) in [5, 5.41) is 3.29. The number of halogens is 1. The molecule has 0 saturated carbocycles. The van der Waals surface area contributed by atoms with Crippen molar-refractivity contribution in [3.05, 3.63) is 100 Å². The molecule has 1 N–H and O–H groups in total. The number of carbonyl (C=O) groups excluding carboxylic acids is 3. The smallest absolute Gasteiger partial charge is 0.338 e. The number of allylic oxidation sites excluding steroid dienone is 1. The Bertz CT molecular complexity index is 1220. The van der Waals surface area contributed by atoms with Crippen molar-refractivity contribution >= 4 is 41.0 Å². The first-order valence-electron chi connectivity index (χ1n) is 9.79. The number of ether oxygens (including phenoxy) is 2. The van der Waals surface area contributed by atoms with E-state index in [9.17, 15) is 14.4 Å². The molecule has 160 valence electrons. The highest BCUT2D eigenvalue weighted by Gasteiger charge is 2.21. The zero-order chi connectivity index (χ0) is 22.5. The minimum atomic E-state index is -0.359. The van der Waals surface area contributed by atoms with Gasteiger partial charge in [-0.25, -0.2) is 4.79 Å². The molecule has 3 aromatic carbocycles. The van der Waals surface area contributed by atoms with Crippen molar-refractivity contribution in [3.63, 3.8) is 0 Å². The van der Waals surface area contributed by atoms with Crippen LogP contribution in [0.15, 0.2) is 72.8 Å². The van der Waals surface area contributed by atoms with Crippen LogP contribution in [0.25, 0.3) is 6.08 Å². The first-order chi connectivity index (χ1) is 15.5. The van der Waals surface area contributed by atoms with Crippen LogP contribution in [-0.4, -0.2) is 24.3 Å². The number of carbonyl (C=O) groups is 3. The van der Waals surface area contributed by atoms with E-state index in [1.165, 1.54) is 6.08 Å². The van der Waals surface area contributed by atoms with Crippen LogP contribution in [0.4, 0.5) is 5.69 Å². The lowest BCUT2D eigenvalue weighted by atomic mass is 10.1. The number of cyclic esters (lactones) is 1. The van der Waals surface area contributed by atoms with Crippen LogP contribution in [0, 0.1) is 0 Å². The van der Waals surface area contributed by atoms with Gasteiger partial charge in [0.25, 0.3) is 5.91 Å². The summed E-state index contributed by atoms with van der Waals surface area (Å²) in [5.41, 5.74) is 3.05. The third kappa shape index (κ3) is 5.04. The lowest BCUT2D eigenvalue weighted by molar-refractivity contribution is -0.118. The van der Waals surface area contributed by atoms with Crippen molar-refractivity contribution in [1.29, 1.82) is 0 Å². The van der Waals surface area contributed by atoms with E-state index in [2.05, 4.69) is 5.32 Å². The van der Waals surface area contributed by atoms with E-state index in [1.54, 1.807) is 54.6 Å². The summed E-state index contributed by atoms with van der Waals surface area (Å²) in [6.45, 7) is -0.000754. The van der Waals surface area contributed by atoms with Crippen molar-refractivity contribution < 1.29 is 23.9 Å². The van der Waals surface area contributed by atoms with Gasteiger partial charge in [-0.15, -0.1) is 0 Å². The quantitative estimate of drug-likeness (QED) is 0.315. The summed E-state index contributed by atoms with van der Waals surface area (Å²) in [6.07, 6.45) is 3.13. The predicted molar refractivity (Wildman–Crippen MR) is 121 cm³/mol. The molecule has 6 nitrogen and oxygen atoms in total. The molecular formula is C25H18ClNO5. The highest BCUT2D eigenvalue weighted by molar-refractivity contribution is 6.32. The molecule has 1 amide bonds. The number of hydrogen-bond donors (Lipinski definition) is 1. The number of hydrogen-bond acceptors (Lipinski definition) is 5. The molecule has 0 aromatic heterocycles. The normalized spacial score (nSPS) is 12.3. The minimum Gasteiger partial charge on any atom is -0.484 e. The Kier molecular flexibility index (Phi) is 6.33. The van der Waals surface area contributed by atoms with Gasteiger partial charge in [-0.2, -0.15) is 0 Å². The van der Waals surface area contributed by atoms with Gasteiger partial charge in [-0.1, -0.05) is 29.8 Å². The highest BCUT2D eigenvalue weighted by atomic mass is 35.5. The van der Waals surface area contributed by atoms with Gasteiger partial charge in [0, 0.05) is 21.8 Å². The molecular weight excluding hydrogens is 430 g/mol. The van der Waals surface area contributed by atoms with E-state index in [1.807, 2.05) is 18.2 Å². The molecule has 32 heavy (non-hydrogen) atoms. The van der Waals surface area contributed by atoms with Gasteiger partial charge in [-0.05, 0) is 66.2 Å². The van der Waals surface area contributed by atoms with Crippen LogP contribution >= 0.6 is 11.6 Å². The number of ketones is 1. The van der Waals surface area contributed by atoms with Crippen molar-refractivity contribution in [3.8, 4) is 5.75 Å². The summed E-state index contributed by atoms with van der Waals surface area (Å²) < 4.78 is 10.4. The molecule has 0 bridgehead atoms. The van der Waals surface area contributed by atoms with Gasteiger partial charge in [0.15, 0.2) is 12.4 Å². The summed E-state index contributed by atoms with van der Waals surface area (Å²) in [6, 6.07) is 18.7. The monoisotopic (exact) mass is 447 g/mol. The van der Waals surface area contributed by atoms with E-state index in [0.29, 0.717) is 27.6 Å². The number of fused-ring (bicyclic) bond motifs is 1. The Labute approximate surface area is 189 Å². The maximum atomic E-state index is 12.3. The van der Waals surface area contributed by atoms with Gasteiger partial charge in [0.2, 0.25) is 0 Å². The third-order valence-corrected chi connectivity index (χ3v) is 5.14. The summed E-state index contributed by atoms with van der Waals surface area (Å²) in [5.74, 6) is -0.423. The fraction of sp³-hybridized carbons (Fsp3) is 0.0800. The lowest BCUT2D eigenvalue weighted by Gasteiger charge is -2.08. The number of esters is 1. The number of amides is 1. The Balaban J connectivity index is 1.30. The maximum absolute atomic E-state index is 12.3. The Morgan fingerprint density at radius 3 is 2.62 bits per heavy atom. The van der Waals surface area contributed by atoms with Gasteiger partial charge < -0.3 is 14.8 Å². The SMILES string of the molecule is O=C(COc1ccc(C(=O)/C=C/c2ccccc2Cl)cc1)Nc1ccc2c(c1)COC2=O. The summed E-state index contributed by atoms with van der Waals surface area (Å²) in [4.78, 5) is 36.0. The molecule has 1 heterocycles. The second kappa shape index (κ2) is 9.49. The van der Waals surface area contributed by atoms with Gasteiger partial charge in [0.05, 0.1) is 5.56 Å². The third-order valence-electron chi connectivity index (χ3n) is 4.80. The lowest BCUT2D eigenvalue weighted by Crippen LogP contribution is -2.20. The first kappa shape index (κ1) is 21.3. The van der Waals surface area contributed by atoms with Crippen LogP contribution in [0.5, 0.6) is 5.75 Å². The molecule has 1 aliphatic heterocycles. The number of benzene rings is 3. The average Bonchev–Trinajstić information content (AvgIpc) is 3.17. The molecule has 0 fully saturated rings. The fourth-order valence-corrected chi connectivity index (χ4v) is 3.34. The zero-order valence-electron chi connectivity index (χ0n) is 16.8. The average molecular weight is 448 g/mol. The molecule has 4 rings (SSSR count). The predicted octanol–water partition coefficient (Wildman–Crippen LogP) is 4.92. The van der Waals surface area contributed by atoms with Gasteiger partial charge in [-0.3, -0.25) is 9.59 Å². The van der Waals surface area contributed by atoms with Crippen molar-refractivity contribution in [1.82, 2.24) is 0 Å². The second-order valence-corrected chi connectivity index (χ2v) is 7.44. The van der Waals surface area contributed by atoms with Crippen LogP contribution < -0.4 is 10.1 Å². The minimum absolute atomic E-state index is 0.173. The molecule has 1 aliphatic rings. The highest BCUT2D eigenvalue weighted by Crippen LogP contribution is 2.23. The Hall–Kier alpha value is -3.90. The standard InChI is InChI=1S/C25H18ClNO5/c26-22-4-2-1-3-16(22)7-12-23(28)17-5-9-20(10-6-17)31-15-24(29)27-19-8-11-21-18(13-19)14-32-25(21)30/h1-13H,14-15H2,(H,27,29)/b12-7+. The molecule has 0 saturated heterocycles. The van der Waals surface area contributed by atoms with Crippen LogP contribution in [-0.2, 0) is 16.1 Å². The van der Waals surface area contributed by atoms with Gasteiger partial charge >= 0.3 is 5.97 Å². The number of rotatable bonds is 7. The Morgan fingerprint density at radius 2 is 1.84 bits per heavy atom. The van der Waals surface area contributed by atoms with Gasteiger partial charge in [0.1, 0.15) is 12.4 Å². The molecule has 0 spiro atoms. The molecule has 0 radical (unpaired) electrons. The molecule has 7 heteroatoms. The van der Waals surface area contributed by atoms with E-state index in [4.69, 9.17) is 21.1 Å². The van der Waals surface area contributed by atoms with E-state index in [-0.39, 0.29) is 30.9 Å². The number of nitrogens with one attached hydrogen (secondary N) is 1. The van der Waals surface area contributed by atoms with E-state index in [0.717, 1.165) is 11.1 Å². The second-order valence-electron chi connectivity index (χ2n) is 7.03. The van der Waals surface area contributed by atoms with Crippen LogP contribution in [0.2, 0.25) is 5.02 Å². The molecule has 0 atom stereocenters. The summed E-state index contributed by atoms with van der Waals surface area (Å²) >= 11 is 6.09. The fourth-order valence-electron chi connectivity index (χ4n) is 3.14. The number of anilines is 1. The maximum Gasteiger partial charge on any atom is 0.338 e. The van der Waals surface area contributed by atoms with Crippen LogP contribution in [0.1, 0.15) is 31.8 Å². The van der Waals surface area contributed by atoms with Crippen molar-refractivity contribution in [2.45, 2.75) is 6.61 Å². The van der Waals surface area contributed by atoms with E-state index >= 15 is 0 Å².